The van der Waals surface area contributed by atoms with Crippen LogP contribution >= 0.6 is 0 Å². The summed E-state index contributed by atoms with van der Waals surface area (Å²) in [7, 11) is 0. The van der Waals surface area contributed by atoms with Crippen molar-refractivity contribution in [1.29, 1.82) is 0 Å². The number of para-hydroxylation sites is 3. The zero-order valence-corrected chi connectivity index (χ0v) is 16.2. The van der Waals surface area contributed by atoms with E-state index in [-0.39, 0.29) is 5.69 Å². The van der Waals surface area contributed by atoms with Gasteiger partial charge in [-0.3, -0.25) is 24.5 Å². The molecule has 2 amide bonds. The predicted octanol–water partition coefficient (Wildman–Crippen LogP) is 3.65. The maximum Gasteiger partial charge on any atom is 0.274 e. The van der Waals surface area contributed by atoms with E-state index in [1.807, 2.05) is 6.07 Å². The van der Waals surface area contributed by atoms with E-state index in [1.165, 1.54) is 11.1 Å². The summed E-state index contributed by atoms with van der Waals surface area (Å²) in [4.78, 5) is 45.0. The summed E-state index contributed by atoms with van der Waals surface area (Å²) in [6, 6.07) is 23.0. The molecule has 0 saturated carbocycles. The molecule has 0 aromatic heterocycles. The normalized spacial score (nSPS) is 22.6. The van der Waals surface area contributed by atoms with Crippen LogP contribution in [0.1, 0.15) is 11.6 Å². The van der Waals surface area contributed by atoms with Crippen molar-refractivity contribution in [3.05, 3.63) is 101 Å². The van der Waals surface area contributed by atoms with Gasteiger partial charge in [0.2, 0.25) is 5.91 Å². The van der Waals surface area contributed by atoms with Gasteiger partial charge in [-0.15, -0.1) is 0 Å². The lowest BCUT2D eigenvalue weighted by molar-refractivity contribution is -0.385. The number of nitrogens with zero attached hydrogens (tertiary/aromatic N) is 3. The van der Waals surface area contributed by atoms with E-state index in [0.717, 1.165) is 4.90 Å². The van der Waals surface area contributed by atoms with Crippen molar-refractivity contribution in [2.45, 2.75) is 12.1 Å². The molecular formula is C23H17N3O5. The third kappa shape index (κ3) is 2.96. The fourth-order valence-corrected chi connectivity index (χ4v) is 4.26. The van der Waals surface area contributed by atoms with Gasteiger partial charge < -0.3 is 0 Å². The van der Waals surface area contributed by atoms with Gasteiger partial charge in [0, 0.05) is 6.07 Å². The second-order valence-electron chi connectivity index (χ2n) is 7.32. The zero-order valence-electron chi connectivity index (χ0n) is 16.2. The van der Waals surface area contributed by atoms with E-state index >= 15 is 0 Å². The van der Waals surface area contributed by atoms with Crippen LogP contribution in [0.25, 0.3) is 0 Å². The molecule has 5 rings (SSSR count). The minimum absolute atomic E-state index is 0.129. The Kier molecular flexibility index (Phi) is 4.48. The Labute approximate surface area is 177 Å². The lowest BCUT2D eigenvalue weighted by atomic mass is 9.89. The van der Waals surface area contributed by atoms with E-state index in [4.69, 9.17) is 4.84 Å². The van der Waals surface area contributed by atoms with E-state index in [9.17, 15) is 19.7 Å². The van der Waals surface area contributed by atoms with Crippen LogP contribution in [0.15, 0.2) is 84.9 Å². The summed E-state index contributed by atoms with van der Waals surface area (Å²) in [6.07, 6.45) is -1.07. The van der Waals surface area contributed by atoms with Crippen molar-refractivity contribution in [3.63, 3.8) is 0 Å². The molecule has 2 heterocycles. The molecule has 3 aromatic rings. The number of nitro groups is 1. The second kappa shape index (κ2) is 7.33. The number of carbonyl (C=O) groups is 2. The number of hydrogen-bond acceptors (Lipinski definition) is 6. The Morgan fingerprint density at radius 3 is 2.00 bits per heavy atom. The molecule has 2 aliphatic rings. The number of hydrogen-bond donors (Lipinski definition) is 0. The first-order valence-corrected chi connectivity index (χ1v) is 9.75. The van der Waals surface area contributed by atoms with Crippen molar-refractivity contribution in [2.24, 2.45) is 5.92 Å². The van der Waals surface area contributed by atoms with Gasteiger partial charge in [0.25, 0.3) is 11.6 Å². The summed E-state index contributed by atoms with van der Waals surface area (Å²) in [5.74, 6) is -1.85. The molecular weight excluding hydrogens is 398 g/mol. The maximum absolute atomic E-state index is 13.5. The molecule has 2 saturated heterocycles. The van der Waals surface area contributed by atoms with Gasteiger partial charge >= 0.3 is 0 Å². The molecule has 154 valence electrons. The molecule has 8 nitrogen and oxygen atoms in total. The van der Waals surface area contributed by atoms with Crippen molar-refractivity contribution >= 4 is 28.9 Å². The summed E-state index contributed by atoms with van der Waals surface area (Å²) < 4.78 is 0. The van der Waals surface area contributed by atoms with Crippen molar-refractivity contribution in [1.82, 2.24) is 0 Å². The van der Waals surface area contributed by atoms with Crippen LogP contribution in [0.2, 0.25) is 0 Å². The molecule has 2 aliphatic heterocycles. The number of hydroxylamine groups is 1. The number of rotatable bonds is 4. The number of imide groups is 1. The average molecular weight is 415 g/mol. The van der Waals surface area contributed by atoms with Crippen molar-refractivity contribution < 1.29 is 19.3 Å². The minimum atomic E-state index is -1.07. The van der Waals surface area contributed by atoms with Gasteiger partial charge in [0.1, 0.15) is 12.0 Å². The smallest absolute Gasteiger partial charge is 0.273 e. The summed E-state index contributed by atoms with van der Waals surface area (Å²) in [5.41, 5.74) is 1.24. The van der Waals surface area contributed by atoms with Crippen LogP contribution in [0.3, 0.4) is 0 Å². The number of amides is 2. The number of fused-ring (bicyclic) bond motifs is 1. The number of nitro benzene ring substituents is 1. The fraction of sp³-hybridized carbons (Fsp3) is 0.130. The average Bonchev–Trinajstić information content (AvgIpc) is 3.31. The second-order valence-corrected chi connectivity index (χ2v) is 7.32. The molecule has 0 N–H and O–H groups in total. The van der Waals surface area contributed by atoms with Gasteiger partial charge in [-0.1, -0.05) is 48.5 Å². The third-order valence-electron chi connectivity index (χ3n) is 5.59. The van der Waals surface area contributed by atoms with Crippen LogP contribution < -0.4 is 9.96 Å². The lowest BCUT2D eigenvalue weighted by Crippen LogP contribution is -2.37. The molecule has 8 heteroatoms. The molecule has 0 bridgehead atoms. The molecule has 0 aliphatic carbocycles. The van der Waals surface area contributed by atoms with Crippen LogP contribution in [0.5, 0.6) is 0 Å². The van der Waals surface area contributed by atoms with Gasteiger partial charge in [-0.2, -0.15) is 0 Å². The molecule has 2 fully saturated rings. The van der Waals surface area contributed by atoms with Crippen LogP contribution in [0.4, 0.5) is 17.1 Å². The Bertz CT molecular complexity index is 1170. The van der Waals surface area contributed by atoms with E-state index in [2.05, 4.69) is 0 Å². The first-order chi connectivity index (χ1) is 15.1. The van der Waals surface area contributed by atoms with E-state index in [1.54, 1.807) is 72.8 Å². The number of benzene rings is 3. The van der Waals surface area contributed by atoms with Crippen LogP contribution in [-0.4, -0.2) is 22.8 Å². The van der Waals surface area contributed by atoms with E-state index in [0.29, 0.717) is 16.9 Å². The molecule has 3 aromatic carbocycles. The fourth-order valence-electron chi connectivity index (χ4n) is 4.26. The monoisotopic (exact) mass is 415 g/mol. The topological polar surface area (TPSA) is 93.0 Å². The third-order valence-corrected chi connectivity index (χ3v) is 5.59. The Hall–Kier alpha value is -4.04. The summed E-state index contributed by atoms with van der Waals surface area (Å²) in [6.45, 7) is 0. The first-order valence-electron chi connectivity index (χ1n) is 9.75. The molecule has 31 heavy (non-hydrogen) atoms. The Morgan fingerprint density at radius 2 is 1.35 bits per heavy atom. The van der Waals surface area contributed by atoms with Gasteiger partial charge in [0.15, 0.2) is 6.10 Å². The highest BCUT2D eigenvalue weighted by Crippen LogP contribution is 2.49. The SMILES string of the molecule is O=C1C2ON(c3ccccc3)C(c3ccccc3[N+](=O)[O-])C2C(=O)N1c1ccccc1. The lowest BCUT2D eigenvalue weighted by Gasteiger charge is -2.28. The van der Waals surface area contributed by atoms with Crippen molar-refractivity contribution in [3.8, 4) is 0 Å². The predicted molar refractivity (Wildman–Crippen MR) is 112 cm³/mol. The van der Waals surface area contributed by atoms with Crippen LogP contribution in [-0.2, 0) is 14.4 Å². The minimum Gasteiger partial charge on any atom is -0.273 e. The standard InChI is InChI=1S/C23H17N3O5/c27-22-19-20(17-13-7-8-14-18(17)26(29)30)25(16-11-5-2-6-12-16)31-21(19)23(28)24(22)15-9-3-1-4-10-15/h1-14,19-21H. The zero-order chi connectivity index (χ0) is 21.5. The summed E-state index contributed by atoms with van der Waals surface area (Å²) >= 11 is 0. The molecule has 3 atom stereocenters. The van der Waals surface area contributed by atoms with Gasteiger partial charge in [0.05, 0.1) is 21.9 Å². The van der Waals surface area contributed by atoms with Gasteiger partial charge in [-0.05, 0) is 30.3 Å². The molecule has 0 radical (unpaired) electrons. The summed E-state index contributed by atoms with van der Waals surface area (Å²) in [5, 5.41) is 13.2. The number of carbonyl (C=O) groups excluding carboxylic acids is 2. The highest BCUT2D eigenvalue weighted by molar-refractivity contribution is 6.23. The van der Waals surface area contributed by atoms with Gasteiger partial charge in [-0.25, -0.2) is 9.96 Å². The number of anilines is 2. The largest absolute Gasteiger partial charge is 0.274 e. The Balaban J connectivity index is 1.64. The Morgan fingerprint density at radius 1 is 0.774 bits per heavy atom. The quantitative estimate of drug-likeness (QED) is 0.367. The highest BCUT2D eigenvalue weighted by Gasteiger charge is 2.61. The first kappa shape index (κ1) is 19.0. The highest BCUT2D eigenvalue weighted by atomic mass is 16.7. The van der Waals surface area contributed by atoms with Crippen LogP contribution in [0, 0.1) is 16.0 Å². The molecule has 3 unspecified atom stereocenters. The maximum atomic E-state index is 13.5. The molecule has 0 spiro atoms. The van der Waals surface area contributed by atoms with Crippen molar-refractivity contribution in [2.75, 3.05) is 9.96 Å². The van der Waals surface area contributed by atoms with E-state index < -0.39 is 34.8 Å².